The van der Waals surface area contributed by atoms with E-state index in [2.05, 4.69) is 26.6 Å². The molecule has 1 amide bonds. The first-order chi connectivity index (χ1) is 15.8. The highest BCUT2D eigenvalue weighted by atomic mass is 79.9. The standard InChI is InChI=1S/C24H22BrClN2O5/c1-14-6-7-18(11-20(14)26)28-22(29)13-33-23-19(25)8-15(9-21(23)32-2)12-27-17-5-3-4-16(10-17)24(30)31/h3-11,27H,12-13H2,1-2H3,(H,28,29)(H,30,31). The number of rotatable bonds is 9. The third-order valence-corrected chi connectivity index (χ3v) is 5.69. The summed E-state index contributed by atoms with van der Waals surface area (Å²) in [5.41, 5.74) is 3.25. The number of carboxylic acid groups (broad SMARTS) is 1. The number of carbonyl (C=O) groups excluding carboxylic acids is 1. The number of anilines is 2. The average Bonchev–Trinajstić information content (AvgIpc) is 2.79. The van der Waals surface area contributed by atoms with Gasteiger partial charge in [-0.2, -0.15) is 0 Å². The molecular formula is C24H22BrClN2O5. The van der Waals surface area contributed by atoms with Gasteiger partial charge in [0.2, 0.25) is 0 Å². The Morgan fingerprint density at radius 3 is 2.58 bits per heavy atom. The molecular weight excluding hydrogens is 512 g/mol. The highest BCUT2D eigenvalue weighted by molar-refractivity contribution is 9.10. The first-order valence-electron chi connectivity index (χ1n) is 9.89. The Morgan fingerprint density at radius 1 is 1.09 bits per heavy atom. The van der Waals surface area contributed by atoms with Crippen LogP contribution in [-0.4, -0.2) is 30.7 Å². The second-order valence-corrected chi connectivity index (χ2v) is 8.41. The predicted octanol–water partition coefficient (Wildman–Crippen LogP) is 5.75. The van der Waals surface area contributed by atoms with Gasteiger partial charge in [-0.1, -0.05) is 23.7 Å². The fourth-order valence-corrected chi connectivity index (χ4v) is 3.77. The van der Waals surface area contributed by atoms with E-state index in [1.165, 1.54) is 13.2 Å². The van der Waals surface area contributed by atoms with Crippen molar-refractivity contribution in [3.8, 4) is 11.5 Å². The van der Waals surface area contributed by atoms with Crippen molar-refractivity contribution in [1.82, 2.24) is 0 Å². The molecule has 0 saturated carbocycles. The molecule has 0 spiro atoms. The van der Waals surface area contributed by atoms with Crippen LogP contribution in [0.4, 0.5) is 11.4 Å². The fourth-order valence-electron chi connectivity index (χ4n) is 2.99. The van der Waals surface area contributed by atoms with E-state index in [0.29, 0.717) is 38.9 Å². The number of benzene rings is 3. The summed E-state index contributed by atoms with van der Waals surface area (Å²) in [6.45, 7) is 2.08. The second kappa shape index (κ2) is 11.1. The van der Waals surface area contributed by atoms with E-state index in [-0.39, 0.29) is 18.1 Å². The van der Waals surface area contributed by atoms with Gasteiger partial charge < -0.3 is 25.2 Å². The molecule has 172 valence electrons. The Kier molecular flexibility index (Phi) is 8.19. The van der Waals surface area contributed by atoms with Gasteiger partial charge in [0.15, 0.2) is 18.1 Å². The minimum atomic E-state index is -0.987. The van der Waals surface area contributed by atoms with Crippen LogP contribution in [0.2, 0.25) is 5.02 Å². The van der Waals surface area contributed by atoms with Gasteiger partial charge in [0, 0.05) is 22.9 Å². The molecule has 0 heterocycles. The summed E-state index contributed by atoms with van der Waals surface area (Å²) in [4.78, 5) is 23.4. The number of amides is 1. The van der Waals surface area contributed by atoms with Crippen LogP contribution in [-0.2, 0) is 11.3 Å². The number of ether oxygens (including phenoxy) is 2. The largest absolute Gasteiger partial charge is 0.493 e. The molecule has 0 atom stereocenters. The molecule has 0 bridgehead atoms. The lowest BCUT2D eigenvalue weighted by atomic mass is 10.1. The van der Waals surface area contributed by atoms with E-state index in [4.69, 9.17) is 26.2 Å². The highest BCUT2D eigenvalue weighted by Gasteiger charge is 2.14. The molecule has 7 nitrogen and oxygen atoms in total. The van der Waals surface area contributed by atoms with E-state index < -0.39 is 5.97 Å². The zero-order chi connectivity index (χ0) is 24.0. The number of hydrogen-bond acceptors (Lipinski definition) is 5. The Hall–Kier alpha value is -3.23. The molecule has 3 rings (SSSR count). The van der Waals surface area contributed by atoms with Crippen molar-refractivity contribution < 1.29 is 24.2 Å². The Bertz CT molecular complexity index is 1190. The molecule has 0 radical (unpaired) electrons. The second-order valence-electron chi connectivity index (χ2n) is 7.15. The van der Waals surface area contributed by atoms with Crippen molar-refractivity contribution >= 4 is 50.8 Å². The molecule has 0 saturated heterocycles. The molecule has 0 fully saturated rings. The zero-order valence-corrected chi connectivity index (χ0v) is 20.3. The molecule has 0 aliphatic rings. The first kappa shape index (κ1) is 24.4. The van der Waals surface area contributed by atoms with Crippen LogP contribution in [0.5, 0.6) is 11.5 Å². The third-order valence-electron chi connectivity index (χ3n) is 4.70. The van der Waals surface area contributed by atoms with Crippen molar-refractivity contribution in [1.29, 1.82) is 0 Å². The highest BCUT2D eigenvalue weighted by Crippen LogP contribution is 2.37. The van der Waals surface area contributed by atoms with Gasteiger partial charge in [-0.05, 0) is 76.4 Å². The van der Waals surface area contributed by atoms with Gasteiger partial charge in [-0.3, -0.25) is 4.79 Å². The quantitative estimate of drug-likeness (QED) is 0.324. The van der Waals surface area contributed by atoms with Crippen LogP contribution in [0, 0.1) is 6.92 Å². The van der Waals surface area contributed by atoms with Crippen LogP contribution < -0.4 is 20.1 Å². The predicted molar refractivity (Wildman–Crippen MR) is 132 cm³/mol. The lowest BCUT2D eigenvalue weighted by molar-refractivity contribution is -0.118. The van der Waals surface area contributed by atoms with Crippen LogP contribution in [0.3, 0.4) is 0 Å². The summed E-state index contributed by atoms with van der Waals surface area (Å²) in [6.07, 6.45) is 0. The Labute approximate surface area is 204 Å². The summed E-state index contributed by atoms with van der Waals surface area (Å²) in [7, 11) is 1.51. The zero-order valence-electron chi connectivity index (χ0n) is 17.9. The maximum absolute atomic E-state index is 12.3. The Morgan fingerprint density at radius 2 is 1.88 bits per heavy atom. The summed E-state index contributed by atoms with van der Waals surface area (Å²) in [6, 6.07) is 15.4. The van der Waals surface area contributed by atoms with E-state index in [1.807, 2.05) is 19.1 Å². The van der Waals surface area contributed by atoms with Gasteiger partial charge in [0.25, 0.3) is 5.91 Å². The van der Waals surface area contributed by atoms with Crippen molar-refractivity contribution in [2.45, 2.75) is 13.5 Å². The summed E-state index contributed by atoms with van der Waals surface area (Å²) >= 11 is 9.57. The minimum Gasteiger partial charge on any atom is -0.493 e. The van der Waals surface area contributed by atoms with Crippen molar-refractivity contribution in [2.75, 3.05) is 24.4 Å². The average molecular weight is 534 g/mol. The van der Waals surface area contributed by atoms with Gasteiger partial charge in [-0.25, -0.2) is 4.79 Å². The number of aryl methyl sites for hydroxylation is 1. The normalized spacial score (nSPS) is 10.4. The first-order valence-corrected chi connectivity index (χ1v) is 11.1. The molecule has 0 aliphatic carbocycles. The van der Waals surface area contributed by atoms with Crippen molar-refractivity contribution in [3.05, 3.63) is 80.8 Å². The summed E-state index contributed by atoms with van der Waals surface area (Å²) in [5.74, 6) is -0.482. The number of carbonyl (C=O) groups is 2. The fraction of sp³-hybridized carbons (Fsp3) is 0.167. The SMILES string of the molecule is COc1cc(CNc2cccc(C(=O)O)c2)cc(Br)c1OCC(=O)Nc1ccc(C)c(Cl)c1. The Balaban J connectivity index is 1.64. The summed E-state index contributed by atoms with van der Waals surface area (Å²) < 4.78 is 11.8. The van der Waals surface area contributed by atoms with Crippen molar-refractivity contribution in [2.24, 2.45) is 0 Å². The lowest BCUT2D eigenvalue weighted by Crippen LogP contribution is -2.20. The van der Waals surface area contributed by atoms with Crippen molar-refractivity contribution in [3.63, 3.8) is 0 Å². The van der Waals surface area contributed by atoms with Gasteiger partial charge >= 0.3 is 5.97 Å². The minimum absolute atomic E-state index is 0.202. The number of aromatic carboxylic acids is 1. The maximum Gasteiger partial charge on any atom is 0.335 e. The number of halogens is 2. The van der Waals surface area contributed by atoms with Gasteiger partial charge in [0.05, 0.1) is 17.1 Å². The van der Waals surface area contributed by atoms with Crippen LogP contribution >= 0.6 is 27.5 Å². The van der Waals surface area contributed by atoms with Gasteiger partial charge in [0.1, 0.15) is 0 Å². The summed E-state index contributed by atoms with van der Waals surface area (Å²) in [5, 5.41) is 15.6. The number of methoxy groups -OCH3 is 1. The number of carboxylic acids is 1. The van der Waals surface area contributed by atoms with E-state index in [9.17, 15) is 9.59 Å². The van der Waals surface area contributed by atoms with E-state index in [0.717, 1.165) is 11.1 Å². The molecule has 9 heteroatoms. The molecule has 33 heavy (non-hydrogen) atoms. The molecule has 0 aliphatic heterocycles. The smallest absolute Gasteiger partial charge is 0.335 e. The lowest BCUT2D eigenvalue weighted by Gasteiger charge is -2.15. The van der Waals surface area contributed by atoms with Crippen LogP contribution in [0.1, 0.15) is 21.5 Å². The third kappa shape index (κ3) is 6.63. The number of nitrogens with one attached hydrogen (secondary N) is 2. The van der Waals surface area contributed by atoms with Gasteiger partial charge in [-0.15, -0.1) is 0 Å². The number of hydrogen-bond donors (Lipinski definition) is 3. The maximum atomic E-state index is 12.3. The van der Waals surface area contributed by atoms with Crippen LogP contribution in [0.25, 0.3) is 0 Å². The molecule has 3 aromatic rings. The molecule has 0 aromatic heterocycles. The molecule has 0 unspecified atom stereocenters. The van der Waals surface area contributed by atoms with Crippen LogP contribution in [0.15, 0.2) is 59.1 Å². The van der Waals surface area contributed by atoms with E-state index >= 15 is 0 Å². The molecule has 3 aromatic carbocycles. The van der Waals surface area contributed by atoms with E-state index in [1.54, 1.807) is 36.4 Å². The molecule has 3 N–H and O–H groups in total. The monoisotopic (exact) mass is 532 g/mol. The topological polar surface area (TPSA) is 96.9 Å².